The maximum absolute atomic E-state index is 12.9. The summed E-state index contributed by atoms with van der Waals surface area (Å²) in [6.07, 6.45) is 1.93. The van der Waals surface area contributed by atoms with E-state index in [0.717, 1.165) is 53.3 Å². The van der Waals surface area contributed by atoms with Crippen LogP contribution in [-0.4, -0.2) is 52.5 Å². The maximum Gasteiger partial charge on any atom is 0.197 e. The highest BCUT2D eigenvalue weighted by Gasteiger charge is 2.12. The number of hydrogen-bond acceptors (Lipinski definition) is 4. The minimum atomic E-state index is 0.0950. The van der Waals surface area contributed by atoms with E-state index in [1.165, 1.54) is 0 Å². The summed E-state index contributed by atoms with van der Waals surface area (Å²) in [4.78, 5) is 15.0. The Labute approximate surface area is 159 Å². The molecule has 0 amide bonds. The molecule has 2 N–H and O–H groups in total. The second kappa shape index (κ2) is 9.13. The molecule has 5 nitrogen and oxygen atoms in total. The number of para-hydroxylation sites is 2. The molecule has 1 aromatic heterocycles. The summed E-state index contributed by atoms with van der Waals surface area (Å²) in [5.74, 6) is 0. The topological polar surface area (TPSA) is 65.7 Å². The van der Waals surface area contributed by atoms with E-state index in [4.69, 9.17) is 10.2 Å². The summed E-state index contributed by atoms with van der Waals surface area (Å²) in [5, 5.41) is 19.8. The highest BCUT2D eigenvalue weighted by molar-refractivity contribution is 5.94. The van der Waals surface area contributed by atoms with Crippen molar-refractivity contribution in [2.24, 2.45) is 0 Å². The van der Waals surface area contributed by atoms with E-state index in [2.05, 4.69) is 22.5 Å². The molecular formula is C22H28N2O3. The van der Waals surface area contributed by atoms with Crippen LogP contribution in [0.4, 0.5) is 0 Å². The Morgan fingerprint density at radius 1 is 0.889 bits per heavy atom. The standard InChI is InChI=1S/C22H28N2O3/c1-17-7-6-9-19-21(17)24(20-10-3-2-8-18(20)22(19)27)12-5-4-11-23(13-15-25)14-16-26/h2-3,6-10,25-26H,4-5,11-16H2,1H3. The van der Waals surface area contributed by atoms with Gasteiger partial charge in [-0.25, -0.2) is 0 Å². The molecule has 0 spiro atoms. The summed E-state index contributed by atoms with van der Waals surface area (Å²) in [7, 11) is 0. The summed E-state index contributed by atoms with van der Waals surface area (Å²) >= 11 is 0. The third kappa shape index (κ3) is 4.21. The van der Waals surface area contributed by atoms with Crippen molar-refractivity contribution in [3.63, 3.8) is 0 Å². The minimum Gasteiger partial charge on any atom is -0.395 e. The molecule has 5 heteroatoms. The zero-order valence-corrected chi connectivity index (χ0v) is 15.9. The minimum absolute atomic E-state index is 0.0950. The second-order valence-corrected chi connectivity index (χ2v) is 6.96. The van der Waals surface area contributed by atoms with Crippen LogP contribution < -0.4 is 5.43 Å². The molecular weight excluding hydrogens is 340 g/mol. The Morgan fingerprint density at radius 3 is 2.33 bits per heavy atom. The molecule has 0 atom stereocenters. The summed E-state index contributed by atoms with van der Waals surface area (Å²) in [6.45, 7) is 5.11. The van der Waals surface area contributed by atoms with Crippen LogP contribution >= 0.6 is 0 Å². The molecule has 0 saturated carbocycles. The molecule has 2 aromatic carbocycles. The van der Waals surface area contributed by atoms with E-state index in [-0.39, 0.29) is 18.6 Å². The van der Waals surface area contributed by atoms with Crippen molar-refractivity contribution in [1.82, 2.24) is 9.47 Å². The fraction of sp³-hybridized carbons (Fsp3) is 0.409. The number of rotatable bonds is 9. The molecule has 0 aliphatic heterocycles. The number of aliphatic hydroxyl groups excluding tert-OH is 2. The van der Waals surface area contributed by atoms with Crippen LogP contribution in [0.25, 0.3) is 21.8 Å². The van der Waals surface area contributed by atoms with Crippen molar-refractivity contribution in [2.75, 3.05) is 32.8 Å². The number of nitrogens with zero attached hydrogens (tertiary/aromatic N) is 2. The van der Waals surface area contributed by atoms with Crippen molar-refractivity contribution >= 4 is 21.8 Å². The zero-order valence-electron chi connectivity index (χ0n) is 15.9. The number of aromatic nitrogens is 1. The Hall–Kier alpha value is -2.21. The first kappa shape index (κ1) is 19.5. The lowest BCUT2D eigenvalue weighted by Gasteiger charge is -2.21. The number of fused-ring (bicyclic) bond motifs is 2. The average Bonchev–Trinajstić information content (AvgIpc) is 2.68. The van der Waals surface area contributed by atoms with Crippen LogP contribution in [0, 0.1) is 6.92 Å². The van der Waals surface area contributed by atoms with Crippen LogP contribution in [0.5, 0.6) is 0 Å². The van der Waals surface area contributed by atoms with Crippen molar-refractivity contribution in [2.45, 2.75) is 26.3 Å². The predicted molar refractivity (Wildman–Crippen MR) is 110 cm³/mol. The van der Waals surface area contributed by atoms with Gasteiger partial charge >= 0.3 is 0 Å². The van der Waals surface area contributed by atoms with Gasteiger partial charge < -0.3 is 14.8 Å². The SMILES string of the molecule is Cc1cccc2c(=O)c3ccccc3n(CCCCN(CCO)CCO)c12. The number of unbranched alkanes of at least 4 members (excludes halogenated alkanes) is 1. The van der Waals surface area contributed by atoms with Gasteiger partial charge in [0.2, 0.25) is 0 Å². The van der Waals surface area contributed by atoms with Gasteiger partial charge in [0.15, 0.2) is 5.43 Å². The van der Waals surface area contributed by atoms with Gasteiger partial charge in [-0.1, -0.05) is 24.3 Å². The lowest BCUT2D eigenvalue weighted by atomic mass is 10.1. The number of aryl methyl sites for hydroxylation is 2. The van der Waals surface area contributed by atoms with Crippen LogP contribution in [0.15, 0.2) is 47.3 Å². The van der Waals surface area contributed by atoms with Crippen molar-refractivity contribution in [1.29, 1.82) is 0 Å². The zero-order chi connectivity index (χ0) is 19.2. The van der Waals surface area contributed by atoms with Gasteiger partial charge in [0, 0.05) is 30.4 Å². The molecule has 1 heterocycles. The van der Waals surface area contributed by atoms with Crippen molar-refractivity contribution in [3.05, 3.63) is 58.3 Å². The monoisotopic (exact) mass is 368 g/mol. The molecule has 144 valence electrons. The number of aliphatic hydroxyl groups is 2. The molecule has 3 aromatic rings. The normalized spacial score (nSPS) is 11.7. The van der Waals surface area contributed by atoms with Gasteiger partial charge in [-0.2, -0.15) is 0 Å². The number of benzene rings is 2. The third-order valence-corrected chi connectivity index (χ3v) is 5.13. The smallest absolute Gasteiger partial charge is 0.197 e. The molecule has 0 aliphatic rings. The summed E-state index contributed by atoms with van der Waals surface area (Å²) in [6, 6.07) is 13.7. The molecule has 0 fully saturated rings. The van der Waals surface area contributed by atoms with E-state index in [1.54, 1.807) is 0 Å². The van der Waals surface area contributed by atoms with E-state index in [1.807, 2.05) is 36.4 Å². The predicted octanol–water partition coefficient (Wildman–Crippen LogP) is 2.53. The molecule has 0 unspecified atom stereocenters. The molecule has 0 aliphatic carbocycles. The average molecular weight is 368 g/mol. The lowest BCUT2D eigenvalue weighted by molar-refractivity contribution is 0.159. The highest BCUT2D eigenvalue weighted by Crippen LogP contribution is 2.22. The van der Waals surface area contributed by atoms with Crippen LogP contribution in [0.1, 0.15) is 18.4 Å². The Kier molecular flexibility index (Phi) is 6.61. The fourth-order valence-corrected chi connectivity index (χ4v) is 3.82. The summed E-state index contributed by atoms with van der Waals surface area (Å²) in [5.41, 5.74) is 3.20. The summed E-state index contributed by atoms with van der Waals surface area (Å²) < 4.78 is 2.27. The first-order valence-corrected chi connectivity index (χ1v) is 9.62. The Balaban J connectivity index is 1.89. The number of pyridine rings is 1. The van der Waals surface area contributed by atoms with Crippen LogP contribution in [0.3, 0.4) is 0 Å². The quantitative estimate of drug-likeness (QED) is 0.450. The molecule has 27 heavy (non-hydrogen) atoms. The number of hydrogen-bond donors (Lipinski definition) is 2. The maximum atomic E-state index is 12.9. The first-order valence-electron chi connectivity index (χ1n) is 9.62. The van der Waals surface area contributed by atoms with Gasteiger partial charge in [0.25, 0.3) is 0 Å². The van der Waals surface area contributed by atoms with Gasteiger partial charge in [0.1, 0.15) is 0 Å². The van der Waals surface area contributed by atoms with E-state index < -0.39 is 0 Å². The molecule has 0 saturated heterocycles. The molecule has 3 rings (SSSR count). The fourth-order valence-electron chi connectivity index (χ4n) is 3.82. The van der Waals surface area contributed by atoms with E-state index in [0.29, 0.717) is 13.1 Å². The van der Waals surface area contributed by atoms with Crippen molar-refractivity contribution in [3.8, 4) is 0 Å². The van der Waals surface area contributed by atoms with Gasteiger partial charge in [-0.15, -0.1) is 0 Å². The van der Waals surface area contributed by atoms with Gasteiger partial charge in [0.05, 0.1) is 24.2 Å². The van der Waals surface area contributed by atoms with Crippen LogP contribution in [-0.2, 0) is 6.54 Å². The Bertz CT molecular complexity index is 959. The third-order valence-electron chi connectivity index (χ3n) is 5.13. The lowest BCUT2D eigenvalue weighted by Crippen LogP contribution is -2.31. The van der Waals surface area contributed by atoms with Gasteiger partial charge in [-0.05, 0) is 50.1 Å². The highest BCUT2D eigenvalue weighted by atomic mass is 16.3. The molecule has 0 radical (unpaired) electrons. The van der Waals surface area contributed by atoms with Crippen molar-refractivity contribution < 1.29 is 10.2 Å². The van der Waals surface area contributed by atoms with E-state index in [9.17, 15) is 4.79 Å². The van der Waals surface area contributed by atoms with E-state index >= 15 is 0 Å². The molecule has 0 bridgehead atoms. The second-order valence-electron chi connectivity index (χ2n) is 6.96. The Morgan fingerprint density at radius 2 is 1.59 bits per heavy atom. The first-order chi connectivity index (χ1) is 13.2. The largest absolute Gasteiger partial charge is 0.395 e. The van der Waals surface area contributed by atoms with Gasteiger partial charge in [-0.3, -0.25) is 9.69 Å². The van der Waals surface area contributed by atoms with Crippen LogP contribution in [0.2, 0.25) is 0 Å².